The Hall–Kier alpha value is 0. The molecule has 0 saturated heterocycles. The molecule has 0 heterocycles. The van der Waals surface area contributed by atoms with Crippen molar-refractivity contribution in [3.8, 4) is 0 Å². The van der Waals surface area contributed by atoms with Crippen molar-refractivity contribution in [2.75, 3.05) is 0 Å². The Labute approximate surface area is 63.0 Å². The van der Waals surface area contributed by atoms with Crippen molar-refractivity contribution in [2.24, 2.45) is 22.7 Å². The minimum absolute atomic E-state index is 0.829. The molecule has 4 unspecified atom stereocenters. The lowest BCUT2D eigenvalue weighted by Gasteiger charge is -2.81. The molecule has 0 amide bonds. The molecule has 4 atom stereocenters. The Morgan fingerprint density at radius 2 is 2.10 bits per heavy atom. The van der Waals surface area contributed by atoms with Crippen LogP contribution < -0.4 is 0 Å². The van der Waals surface area contributed by atoms with Crippen molar-refractivity contribution < 1.29 is 0 Å². The molecule has 3 saturated carbocycles. The summed E-state index contributed by atoms with van der Waals surface area (Å²) in [6, 6.07) is 0. The Morgan fingerprint density at radius 1 is 1.30 bits per heavy atom. The van der Waals surface area contributed by atoms with Crippen molar-refractivity contribution in [1.29, 1.82) is 0 Å². The minimum Gasteiger partial charge on any atom is -0.0619 e. The Kier molecular flexibility index (Phi) is 0.669. The number of rotatable bonds is 0. The average Bonchev–Trinajstić information content (AvgIpc) is 1.84. The molecule has 0 aromatic carbocycles. The van der Waals surface area contributed by atoms with Gasteiger partial charge in [0.2, 0.25) is 0 Å². The summed E-state index contributed by atoms with van der Waals surface area (Å²) in [6.07, 6.45) is 6.22. The maximum atomic E-state index is 2.52. The average molecular weight is 136 g/mol. The topological polar surface area (TPSA) is 0 Å². The van der Waals surface area contributed by atoms with Gasteiger partial charge in [-0.1, -0.05) is 13.8 Å². The molecule has 1 spiro atoms. The normalized spacial score (nSPS) is 70.2. The van der Waals surface area contributed by atoms with Gasteiger partial charge in [-0.05, 0) is 48.3 Å². The van der Waals surface area contributed by atoms with Gasteiger partial charge < -0.3 is 0 Å². The van der Waals surface area contributed by atoms with Gasteiger partial charge in [-0.15, -0.1) is 0 Å². The lowest BCUT2D eigenvalue weighted by Crippen LogP contribution is -2.73. The van der Waals surface area contributed by atoms with Crippen LogP contribution in [0.4, 0.5) is 0 Å². The molecular formula is C10H16. The van der Waals surface area contributed by atoms with E-state index in [0.717, 1.165) is 16.7 Å². The monoisotopic (exact) mass is 136 g/mol. The maximum absolute atomic E-state index is 2.52. The van der Waals surface area contributed by atoms with Crippen LogP contribution in [0.1, 0.15) is 39.5 Å². The van der Waals surface area contributed by atoms with E-state index in [1.165, 1.54) is 12.3 Å². The van der Waals surface area contributed by atoms with Crippen molar-refractivity contribution in [3.63, 3.8) is 0 Å². The summed E-state index contributed by atoms with van der Waals surface area (Å²) >= 11 is 0. The maximum Gasteiger partial charge on any atom is -0.0189 e. The van der Waals surface area contributed by atoms with Crippen molar-refractivity contribution in [2.45, 2.75) is 39.5 Å². The van der Waals surface area contributed by atoms with Crippen LogP contribution in [-0.4, -0.2) is 0 Å². The van der Waals surface area contributed by atoms with Crippen molar-refractivity contribution >= 4 is 0 Å². The fraction of sp³-hybridized carbons (Fsp3) is 1.00. The predicted octanol–water partition coefficient (Wildman–Crippen LogP) is 2.83. The zero-order valence-electron chi connectivity index (χ0n) is 6.98. The smallest absolute Gasteiger partial charge is 0.0189 e. The molecule has 3 aliphatic rings. The summed E-state index contributed by atoms with van der Waals surface area (Å²) in [7, 11) is 0. The predicted molar refractivity (Wildman–Crippen MR) is 41.7 cm³/mol. The molecule has 0 N–H and O–H groups in total. The van der Waals surface area contributed by atoms with Crippen LogP contribution in [0.25, 0.3) is 0 Å². The van der Waals surface area contributed by atoms with Crippen LogP contribution in [-0.2, 0) is 0 Å². The highest BCUT2D eigenvalue weighted by Crippen LogP contribution is 2.83. The van der Waals surface area contributed by atoms with Gasteiger partial charge in [0.1, 0.15) is 0 Å². The Bertz CT molecular complexity index is 190. The second-order valence-electron chi connectivity index (χ2n) is 5.14. The van der Waals surface area contributed by atoms with Crippen LogP contribution in [0.3, 0.4) is 0 Å². The molecule has 0 bridgehead atoms. The highest BCUT2D eigenvalue weighted by atomic mass is 14.8. The molecule has 3 rings (SSSR count). The molecule has 0 aromatic heterocycles. The molecule has 0 nitrogen and oxygen atoms in total. The van der Waals surface area contributed by atoms with Crippen LogP contribution in [0, 0.1) is 22.7 Å². The largest absolute Gasteiger partial charge is 0.0619 e. The van der Waals surface area contributed by atoms with Crippen molar-refractivity contribution in [3.05, 3.63) is 0 Å². The van der Waals surface area contributed by atoms with Gasteiger partial charge in [-0.3, -0.25) is 0 Å². The van der Waals surface area contributed by atoms with Crippen LogP contribution in [0.15, 0.2) is 0 Å². The molecule has 10 heavy (non-hydrogen) atoms. The summed E-state index contributed by atoms with van der Waals surface area (Å²) in [6.45, 7) is 4.98. The molecule has 0 aliphatic heterocycles. The third-order valence-corrected chi connectivity index (χ3v) is 5.16. The van der Waals surface area contributed by atoms with Gasteiger partial charge in [0.15, 0.2) is 0 Å². The summed E-state index contributed by atoms with van der Waals surface area (Å²) in [5, 5.41) is 0. The molecule has 3 fully saturated rings. The molecule has 0 aromatic rings. The summed E-state index contributed by atoms with van der Waals surface area (Å²) in [5.41, 5.74) is 1.72. The quantitative estimate of drug-likeness (QED) is 0.480. The van der Waals surface area contributed by atoms with Crippen LogP contribution in [0.2, 0.25) is 0 Å². The molecule has 0 heteroatoms. The third-order valence-electron chi connectivity index (χ3n) is 5.16. The fourth-order valence-corrected chi connectivity index (χ4v) is 4.44. The van der Waals surface area contributed by atoms with Crippen LogP contribution >= 0.6 is 0 Å². The van der Waals surface area contributed by atoms with Gasteiger partial charge in [-0.25, -0.2) is 0 Å². The van der Waals surface area contributed by atoms with Gasteiger partial charge in [0.05, 0.1) is 0 Å². The zero-order valence-corrected chi connectivity index (χ0v) is 6.98. The first-order chi connectivity index (χ1) is 4.69. The SMILES string of the molecule is CC1CC2CC3(C)CCC123. The Morgan fingerprint density at radius 3 is 2.30 bits per heavy atom. The van der Waals surface area contributed by atoms with Crippen molar-refractivity contribution in [1.82, 2.24) is 0 Å². The third kappa shape index (κ3) is 0.286. The Balaban J connectivity index is 1.98. The summed E-state index contributed by atoms with van der Waals surface area (Å²) in [4.78, 5) is 0. The fourth-order valence-electron chi connectivity index (χ4n) is 4.44. The van der Waals surface area contributed by atoms with E-state index >= 15 is 0 Å². The molecular weight excluding hydrogens is 120 g/mol. The highest BCUT2D eigenvalue weighted by Gasteiger charge is 2.75. The first-order valence-electron chi connectivity index (χ1n) is 4.69. The van der Waals surface area contributed by atoms with E-state index in [-0.39, 0.29) is 0 Å². The first kappa shape index (κ1) is 5.62. The zero-order chi connectivity index (χ0) is 6.98. The van der Waals surface area contributed by atoms with E-state index in [9.17, 15) is 0 Å². The molecule has 3 aliphatic carbocycles. The van der Waals surface area contributed by atoms with Gasteiger partial charge in [0.25, 0.3) is 0 Å². The lowest BCUT2D eigenvalue weighted by atomic mass is 9.24. The molecule has 56 valence electrons. The second-order valence-corrected chi connectivity index (χ2v) is 5.14. The van der Waals surface area contributed by atoms with E-state index in [4.69, 9.17) is 0 Å². The summed E-state index contributed by atoms with van der Waals surface area (Å²) in [5.74, 6) is 2.24. The van der Waals surface area contributed by atoms with E-state index in [1.54, 1.807) is 19.3 Å². The summed E-state index contributed by atoms with van der Waals surface area (Å²) < 4.78 is 0. The highest BCUT2D eigenvalue weighted by molar-refractivity contribution is 5.24. The van der Waals surface area contributed by atoms with E-state index in [2.05, 4.69) is 13.8 Å². The minimum atomic E-state index is 0.829. The second kappa shape index (κ2) is 1.19. The van der Waals surface area contributed by atoms with Gasteiger partial charge >= 0.3 is 0 Å². The van der Waals surface area contributed by atoms with E-state index < -0.39 is 0 Å². The first-order valence-corrected chi connectivity index (χ1v) is 4.69. The van der Waals surface area contributed by atoms with E-state index in [1.807, 2.05) is 0 Å². The number of hydrogen-bond donors (Lipinski definition) is 0. The number of hydrogen-bond acceptors (Lipinski definition) is 0. The van der Waals surface area contributed by atoms with Crippen LogP contribution in [0.5, 0.6) is 0 Å². The van der Waals surface area contributed by atoms with Gasteiger partial charge in [0, 0.05) is 0 Å². The van der Waals surface area contributed by atoms with E-state index in [0.29, 0.717) is 0 Å². The molecule has 0 radical (unpaired) electrons. The van der Waals surface area contributed by atoms with Gasteiger partial charge in [-0.2, -0.15) is 0 Å². The lowest BCUT2D eigenvalue weighted by molar-refractivity contribution is -0.317. The standard InChI is InChI=1S/C10H16/c1-7-5-8-6-9(2)3-4-10(7,8)9/h7-8H,3-6H2,1-2H3.